The predicted molar refractivity (Wildman–Crippen MR) is 72.6 cm³/mol. The van der Waals surface area contributed by atoms with Gasteiger partial charge in [0.05, 0.1) is 22.5 Å². The molecule has 8 nitrogen and oxygen atoms in total. The van der Waals surface area contributed by atoms with E-state index >= 15 is 0 Å². The van der Waals surface area contributed by atoms with E-state index in [1.807, 2.05) is 0 Å². The molecule has 1 aromatic rings. The first-order valence-corrected chi connectivity index (χ1v) is 7.54. The lowest BCUT2D eigenvalue weighted by Gasteiger charge is -2.12. The van der Waals surface area contributed by atoms with E-state index in [9.17, 15) is 23.6 Å². The van der Waals surface area contributed by atoms with Gasteiger partial charge in [-0.1, -0.05) is 0 Å². The molecule has 0 aromatic heterocycles. The first kappa shape index (κ1) is 16.3. The van der Waals surface area contributed by atoms with Crippen molar-refractivity contribution < 1.29 is 23.2 Å². The van der Waals surface area contributed by atoms with Gasteiger partial charge in [0.25, 0.3) is 5.69 Å². The third kappa shape index (κ3) is 4.44. The minimum atomic E-state index is -3.52. The molecule has 0 radical (unpaired) electrons. The molecule has 0 saturated carbocycles. The minimum Gasteiger partial charge on any atom is -0.389 e. The number of aliphatic hydroxyl groups excluding tert-OH is 1. The number of nitrogens with zero attached hydrogens (tertiary/aromatic N) is 1. The zero-order valence-corrected chi connectivity index (χ0v) is 11.9. The van der Waals surface area contributed by atoms with E-state index < -0.39 is 20.9 Å². The molecule has 0 aliphatic carbocycles. The lowest BCUT2D eigenvalue weighted by Crippen LogP contribution is -2.24. The summed E-state index contributed by atoms with van der Waals surface area (Å²) in [6, 6.07) is 3.56. The third-order valence-corrected chi connectivity index (χ3v) is 3.59. The highest BCUT2D eigenvalue weighted by molar-refractivity contribution is 7.90. The number of nitrogens with one attached hydrogen (secondary N) is 1. The standard InChI is InChI=1S/C11H16N2O6S/c1-19-7-8(14)6-12-10-4-3-9(20(2,17)18)5-11(10)13(15)16/h3-5,8,12,14H,6-7H2,1-2H3. The van der Waals surface area contributed by atoms with Gasteiger partial charge in [-0.25, -0.2) is 8.42 Å². The van der Waals surface area contributed by atoms with Gasteiger partial charge in [-0.2, -0.15) is 0 Å². The monoisotopic (exact) mass is 304 g/mol. The van der Waals surface area contributed by atoms with Crippen molar-refractivity contribution in [3.05, 3.63) is 28.3 Å². The Labute approximate surface area is 116 Å². The number of benzene rings is 1. The maximum absolute atomic E-state index is 11.4. The van der Waals surface area contributed by atoms with Gasteiger partial charge < -0.3 is 15.2 Å². The Balaban J connectivity index is 3.00. The molecule has 0 fully saturated rings. The Morgan fingerprint density at radius 3 is 2.65 bits per heavy atom. The summed E-state index contributed by atoms with van der Waals surface area (Å²) in [5.41, 5.74) is -0.227. The van der Waals surface area contributed by atoms with Crippen LogP contribution in [0.4, 0.5) is 11.4 Å². The van der Waals surface area contributed by atoms with Crippen molar-refractivity contribution in [3.63, 3.8) is 0 Å². The summed E-state index contributed by atoms with van der Waals surface area (Å²) in [7, 11) is -2.09. The van der Waals surface area contributed by atoms with Crippen LogP contribution in [0.15, 0.2) is 23.1 Å². The number of rotatable bonds is 7. The van der Waals surface area contributed by atoms with Crippen LogP contribution in [-0.4, -0.2) is 51.1 Å². The van der Waals surface area contributed by atoms with Gasteiger partial charge in [-0.3, -0.25) is 10.1 Å². The predicted octanol–water partition coefficient (Wildman–Crippen LogP) is 0.418. The van der Waals surface area contributed by atoms with Crippen LogP contribution in [0, 0.1) is 10.1 Å². The lowest BCUT2D eigenvalue weighted by atomic mass is 10.2. The largest absolute Gasteiger partial charge is 0.389 e. The molecule has 0 spiro atoms. The van der Waals surface area contributed by atoms with Crippen molar-refractivity contribution in [2.24, 2.45) is 0 Å². The Morgan fingerprint density at radius 2 is 2.15 bits per heavy atom. The molecule has 2 N–H and O–H groups in total. The number of nitro benzene ring substituents is 1. The van der Waals surface area contributed by atoms with E-state index in [4.69, 9.17) is 4.74 Å². The molecular formula is C11H16N2O6S. The fraction of sp³-hybridized carbons (Fsp3) is 0.455. The SMILES string of the molecule is COCC(O)CNc1ccc(S(C)(=O)=O)cc1[N+](=O)[O-]. The molecule has 0 saturated heterocycles. The zero-order valence-electron chi connectivity index (χ0n) is 11.1. The fourth-order valence-electron chi connectivity index (χ4n) is 1.52. The van der Waals surface area contributed by atoms with E-state index in [0.717, 1.165) is 12.3 Å². The van der Waals surface area contributed by atoms with Crippen LogP contribution in [0.5, 0.6) is 0 Å². The number of aliphatic hydroxyl groups is 1. The number of sulfone groups is 1. The van der Waals surface area contributed by atoms with E-state index in [0.29, 0.717) is 0 Å². The summed E-state index contributed by atoms with van der Waals surface area (Å²) in [4.78, 5) is 10.1. The van der Waals surface area contributed by atoms with E-state index in [2.05, 4.69) is 5.32 Å². The van der Waals surface area contributed by atoms with E-state index in [-0.39, 0.29) is 29.4 Å². The summed E-state index contributed by atoms with van der Waals surface area (Å²) in [5, 5.41) is 23.1. The number of hydrogen-bond donors (Lipinski definition) is 2. The second kappa shape index (κ2) is 6.64. The molecule has 1 atom stereocenters. The van der Waals surface area contributed by atoms with Crippen LogP contribution in [-0.2, 0) is 14.6 Å². The second-order valence-electron chi connectivity index (χ2n) is 4.20. The molecule has 0 bridgehead atoms. The van der Waals surface area contributed by atoms with Gasteiger partial charge in [-0.05, 0) is 12.1 Å². The third-order valence-electron chi connectivity index (χ3n) is 2.48. The lowest BCUT2D eigenvalue weighted by molar-refractivity contribution is -0.384. The van der Waals surface area contributed by atoms with Crippen LogP contribution in [0.2, 0.25) is 0 Å². The van der Waals surface area contributed by atoms with Gasteiger partial charge in [0.2, 0.25) is 0 Å². The summed E-state index contributed by atoms with van der Waals surface area (Å²) in [6.07, 6.45) is 0.149. The van der Waals surface area contributed by atoms with Gasteiger partial charge in [0.15, 0.2) is 9.84 Å². The van der Waals surface area contributed by atoms with Crippen molar-refractivity contribution >= 4 is 21.2 Å². The van der Waals surface area contributed by atoms with Crippen LogP contribution in [0.3, 0.4) is 0 Å². The minimum absolute atomic E-state index is 0.0485. The molecule has 1 aromatic carbocycles. The van der Waals surface area contributed by atoms with E-state index in [1.54, 1.807) is 0 Å². The van der Waals surface area contributed by atoms with Gasteiger partial charge >= 0.3 is 0 Å². The molecule has 0 aliphatic rings. The van der Waals surface area contributed by atoms with Crippen LogP contribution >= 0.6 is 0 Å². The summed E-state index contributed by atoms with van der Waals surface area (Å²) in [6.45, 7) is 0.134. The van der Waals surface area contributed by atoms with Crippen LogP contribution in [0.1, 0.15) is 0 Å². The number of methoxy groups -OCH3 is 1. The zero-order chi connectivity index (χ0) is 15.3. The molecule has 1 unspecified atom stereocenters. The molecule has 0 heterocycles. The topological polar surface area (TPSA) is 119 Å². The number of anilines is 1. The average Bonchev–Trinajstić information content (AvgIpc) is 2.35. The Hall–Kier alpha value is -1.71. The Bertz CT molecular complexity index is 587. The molecule has 112 valence electrons. The smallest absolute Gasteiger partial charge is 0.293 e. The van der Waals surface area contributed by atoms with Gasteiger partial charge in [0, 0.05) is 26.0 Å². The number of ether oxygens (including phenoxy) is 1. The molecular weight excluding hydrogens is 288 g/mol. The summed E-state index contributed by atoms with van der Waals surface area (Å²) >= 11 is 0. The Morgan fingerprint density at radius 1 is 1.50 bits per heavy atom. The maximum Gasteiger partial charge on any atom is 0.293 e. The van der Waals surface area contributed by atoms with Gasteiger partial charge in [0.1, 0.15) is 5.69 Å². The number of hydrogen-bond acceptors (Lipinski definition) is 7. The van der Waals surface area contributed by atoms with Crippen molar-refractivity contribution in [2.75, 3.05) is 31.8 Å². The first-order chi connectivity index (χ1) is 9.25. The highest BCUT2D eigenvalue weighted by atomic mass is 32.2. The second-order valence-corrected chi connectivity index (χ2v) is 6.21. The average molecular weight is 304 g/mol. The molecule has 0 amide bonds. The summed E-state index contributed by atoms with van der Waals surface area (Å²) < 4.78 is 27.5. The quantitative estimate of drug-likeness (QED) is 0.553. The molecule has 9 heteroatoms. The van der Waals surface area contributed by atoms with Gasteiger partial charge in [-0.15, -0.1) is 0 Å². The van der Waals surface area contributed by atoms with Crippen molar-refractivity contribution in [1.82, 2.24) is 0 Å². The van der Waals surface area contributed by atoms with Crippen LogP contribution < -0.4 is 5.32 Å². The molecule has 0 aliphatic heterocycles. The highest BCUT2D eigenvalue weighted by Crippen LogP contribution is 2.27. The first-order valence-electron chi connectivity index (χ1n) is 5.65. The highest BCUT2D eigenvalue weighted by Gasteiger charge is 2.19. The normalized spacial score (nSPS) is 12.9. The van der Waals surface area contributed by atoms with Crippen LogP contribution in [0.25, 0.3) is 0 Å². The number of nitro groups is 1. The van der Waals surface area contributed by atoms with Crippen molar-refractivity contribution in [2.45, 2.75) is 11.0 Å². The molecule has 1 rings (SSSR count). The maximum atomic E-state index is 11.4. The van der Waals surface area contributed by atoms with Crippen molar-refractivity contribution in [3.8, 4) is 0 Å². The molecule has 20 heavy (non-hydrogen) atoms. The fourth-order valence-corrected chi connectivity index (χ4v) is 2.16. The summed E-state index contributed by atoms with van der Waals surface area (Å²) in [5.74, 6) is 0. The van der Waals surface area contributed by atoms with Crippen molar-refractivity contribution in [1.29, 1.82) is 0 Å². The van der Waals surface area contributed by atoms with E-state index in [1.165, 1.54) is 19.2 Å². The Kier molecular flexibility index (Phi) is 5.43.